The fourth-order valence-corrected chi connectivity index (χ4v) is 5.26. The highest BCUT2D eigenvalue weighted by atomic mass is 16.5. The van der Waals surface area contributed by atoms with E-state index in [1.807, 2.05) is 69.0 Å². The Hall–Kier alpha value is -4.30. The van der Waals surface area contributed by atoms with Crippen molar-refractivity contribution < 1.29 is 13.9 Å². The number of para-hydroxylation sites is 1. The number of fused-ring (bicyclic) bond motifs is 1. The van der Waals surface area contributed by atoms with Gasteiger partial charge in [0.25, 0.3) is 0 Å². The van der Waals surface area contributed by atoms with Crippen molar-refractivity contribution in [2.24, 2.45) is 10.9 Å². The summed E-state index contributed by atoms with van der Waals surface area (Å²) in [6.45, 7) is 20.0. The van der Waals surface area contributed by atoms with Crippen LogP contribution in [0.4, 0.5) is 11.7 Å². The predicted octanol–water partition coefficient (Wildman–Crippen LogP) is 8.74. The number of hydrogen-bond acceptors (Lipinski definition) is 8. The molecule has 3 aromatic rings. The molecular weight excluding hydrogens is 576 g/mol. The van der Waals surface area contributed by atoms with Crippen molar-refractivity contribution in [1.82, 2.24) is 4.98 Å². The predicted molar refractivity (Wildman–Crippen MR) is 192 cm³/mol. The molecular formula is C38H50N4O4. The largest absolute Gasteiger partial charge is 0.440 e. The molecule has 8 nitrogen and oxygen atoms in total. The molecule has 1 saturated heterocycles. The SMILES string of the molecule is C=C(\N=C(C)/C(=C\C)/C=C(\C)C(C)=O)Nc1ccc(-c2cccc3c(=O)cc(N4CCOCC4)oc23)cn1.CC.CC1CCCC1. The van der Waals surface area contributed by atoms with Gasteiger partial charge in [-0.15, -0.1) is 0 Å². The fourth-order valence-electron chi connectivity index (χ4n) is 5.26. The Kier molecular flexibility index (Phi) is 14.2. The third-order valence-electron chi connectivity index (χ3n) is 8.01. The minimum absolute atomic E-state index is 0.0150. The number of morpholine rings is 1. The number of nitrogens with zero attached hydrogens (tertiary/aromatic N) is 3. The average Bonchev–Trinajstić information content (AvgIpc) is 3.55. The molecule has 0 atom stereocenters. The van der Waals surface area contributed by atoms with Crippen molar-refractivity contribution in [2.75, 3.05) is 36.5 Å². The van der Waals surface area contributed by atoms with E-state index in [0.717, 1.165) is 28.3 Å². The molecule has 1 saturated carbocycles. The molecule has 0 spiro atoms. The molecule has 0 unspecified atom stereocenters. The summed E-state index contributed by atoms with van der Waals surface area (Å²) >= 11 is 0. The van der Waals surface area contributed by atoms with Crippen molar-refractivity contribution in [3.63, 3.8) is 0 Å². The molecule has 0 amide bonds. The van der Waals surface area contributed by atoms with E-state index in [9.17, 15) is 9.59 Å². The lowest BCUT2D eigenvalue weighted by molar-refractivity contribution is -0.113. The van der Waals surface area contributed by atoms with Crippen LogP contribution in [0.5, 0.6) is 0 Å². The molecule has 1 aliphatic carbocycles. The van der Waals surface area contributed by atoms with E-state index < -0.39 is 0 Å². The zero-order valence-electron chi connectivity index (χ0n) is 28.6. The zero-order chi connectivity index (χ0) is 33.6. The molecule has 46 heavy (non-hydrogen) atoms. The number of aromatic nitrogens is 1. The first kappa shape index (κ1) is 36.2. The summed E-state index contributed by atoms with van der Waals surface area (Å²) < 4.78 is 11.7. The third kappa shape index (κ3) is 10.1. The number of ether oxygens (including phenoxy) is 1. The van der Waals surface area contributed by atoms with Gasteiger partial charge in [-0.05, 0) is 69.0 Å². The van der Waals surface area contributed by atoms with E-state index in [1.54, 1.807) is 25.3 Å². The summed E-state index contributed by atoms with van der Waals surface area (Å²) in [7, 11) is 0. The number of anilines is 2. The van der Waals surface area contributed by atoms with Crippen LogP contribution < -0.4 is 15.6 Å². The van der Waals surface area contributed by atoms with Crippen LogP contribution >= 0.6 is 0 Å². The van der Waals surface area contributed by atoms with E-state index in [0.29, 0.717) is 60.4 Å². The number of hydrogen-bond donors (Lipinski definition) is 1. The van der Waals surface area contributed by atoms with Gasteiger partial charge >= 0.3 is 0 Å². The van der Waals surface area contributed by atoms with Crippen molar-refractivity contribution in [3.8, 4) is 11.1 Å². The Morgan fingerprint density at radius 3 is 2.35 bits per heavy atom. The molecule has 5 rings (SSSR count). The van der Waals surface area contributed by atoms with E-state index in [2.05, 4.69) is 28.8 Å². The Morgan fingerprint density at radius 1 is 1.09 bits per heavy atom. The van der Waals surface area contributed by atoms with Crippen molar-refractivity contribution in [2.45, 2.75) is 74.1 Å². The molecule has 0 bridgehead atoms. The first-order valence-corrected chi connectivity index (χ1v) is 16.4. The Bertz CT molecular complexity index is 1620. The molecule has 1 aromatic carbocycles. The number of allylic oxidation sites excluding steroid dienone is 4. The molecule has 0 radical (unpaired) electrons. The Labute approximate surface area is 274 Å². The number of aliphatic imine (C=N–C) groups is 1. The van der Waals surface area contributed by atoms with Crippen LogP contribution in [0.1, 0.15) is 74.1 Å². The normalized spacial score (nSPS) is 15.9. The molecule has 2 fully saturated rings. The number of carbonyl (C=O) groups excluding carboxylic acids is 1. The highest BCUT2D eigenvalue weighted by molar-refractivity contribution is 6.04. The minimum atomic E-state index is -0.0841. The van der Waals surface area contributed by atoms with Crippen LogP contribution in [-0.2, 0) is 9.53 Å². The molecule has 1 aliphatic heterocycles. The van der Waals surface area contributed by atoms with Gasteiger partial charge in [0.05, 0.1) is 18.6 Å². The van der Waals surface area contributed by atoms with Gasteiger partial charge in [-0.25, -0.2) is 9.98 Å². The third-order valence-corrected chi connectivity index (χ3v) is 8.01. The summed E-state index contributed by atoms with van der Waals surface area (Å²) in [4.78, 5) is 35.5. The number of carbonyl (C=O) groups is 1. The van der Waals surface area contributed by atoms with Crippen LogP contribution in [0.2, 0.25) is 0 Å². The summed E-state index contributed by atoms with van der Waals surface area (Å²) in [6.07, 6.45) is 11.4. The zero-order valence-corrected chi connectivity index (χ0v) is 28.6. The highest BCUT2D eigenvalue weighted by Gasteiger charge is 2.17. The lowest BCUT2D eigenvalue weighted by Crippen LogP contribution is -2.36. The lowest BCUT2D eigenvalue weighted by Gasteiger charge is -2.27. The van der Waals surface area contributed by atoms with Gasteiger partial charge in [0.2, 0.25) is 0 Å². The smallest absolute Gasteiger partial charge is 0.200 e. The van der Waals surface area contributed by atoms with Crippen molar-refractivity contribution in [1.29, 1.82) is 0 Å². The van der Waals surface area contributed by atoms with Crippen LogP contribution in [0.3, 0.4) is 0 Å². The molecule has 1 N–H and O–H groups in total. The van der Waals surface area contributed by atoms with E-state index in [-0.39, 0.29) is 11.2 Å². The summed E-state index contributed by atoms with van der Waals surface area (Å²) in [5.74, 6) is 2.60. The molecule has 8 heteroatoms. The van der Waals surface area contributed by atoms with Crippen LogP contribution in [0.15, 0.2) is 92.5 Å². The maximum absolute atomic E-state index is 12.9. The maximum Gasteiger partial charge on any atom is 0.200 e. The maximum atomic E-state index is 12.9. The summed E-state index contributed by atoms with van der Waals surface area (Å²) in [6, 6.07) is 10.8. The summed E-state index contributed by atoms with van der Waals surface area (Å²) in [5, 5.41) is 3.63. The van der Waals surface area contributed by atoms with Gasteiger partial charge in [0.15, 0.2) is 17.1 Å². The molecule has 2 aromatic heterocycles. The minimum Gasteiger partial charge on any atom is -0.440 e. The number of rotatable bonds is 8. The van der Waals surface area contributed by atoms with Crippen molar-refractivity contribution >= 4 is 34.2 Å². The molecule has 246 valence electrons. The first-order chi connectivity index (χ1) is 22.2. The van der Waals surface area contributed by atoms with Gasteiger partial charge in [-0.1, -0.05) is 71.2 Å². The molecule has 2 aliphatic rings. The second-order valence-electron chi connectivity index (χ2n) is 11.4. The van der Waals surface area contributed by atoms with Crippen LogP contribution in [0.25, 0.3) is 22.1 Å². The summed E-state index contributed by atoms with van der Waals surface area (Å²) in [5.41, 5.74) is 4.27. The second-order valence-corrected chi connectivity index (χ2v) is 11.4. The average molecular weight is 627 g/mol. The number of benzene rings is 1. The number of nitrogens with one attached hydrogen (secondary N) is 1. The van der Waals surface area contributed by atoms with Crippen LogP contribution in [0, 0.1) is 5.92 Å². The van der Waals surface area contributed by atoms with Gasteiger partial charge in [0, 0.05) is 42.2 Å². The van der Waals surface area contributed by atoms with Gasteiger partial charge in [-0.2, -0.15) is 0 Å². The topological polar surface area (TPSA) is 97.0 Å². The van der Waals surface area contributed by atoms with Crippen LogP contribution in [-0.4, -0.2) is 42.8 Å². The number of pyridine rings is 1. The van der Waals surface area contributed by atoms with Crippen molar-refractivity contribution in [3.05, 3.63) is 88.5 Å². The van der Waals surface area contributed by atoms with E-state index in [1.165, 1.54) is 32.6 Å². The van der Waals surface area contributed by atoms with Gasteiger partial charge < -0.3 is 19.4 Å². The number of Topliss-reactive ketones (excluding diaryl/α,β-unsaturated/α-hetero) is 1. The van der Waals surface area contributed by atoms with E-state index >= 15 is 0 Å². The van der Waals surface area contributed by atoms with Gasteiger partial charge in [0.1, 0.15) is 17.2 Å². The molecule has 3 heterocycles. The standard InChI is InChI=1S/C30H32N4O4.C6H12.C2H6/c1-6-23(16-19(2)21(4)35)20(3)32-22(5)33-28-11-10-24(18-31-28)25-8-7-9-26-27(36)17-29(38-30(25)26)34-12-14-37-15-13-34;1-6-4-2-3-5-6;1-2/h6-11,16-18H,5,12-15H2,1-4H3,(H,31,33);6H,2-5H2,1H3;1-2H3/b19-16+,23-6-,32-20-;;. The van der Waals surface area contributed by atoms with Gasteiger partial charge in [-0.3, -0.25) is 9.59 Å². The van der Waals surface area contributed by atoms with E-state index in [4.69, 9.17) is 9.15 Å². The highest BCUT2D eigenvalue weighted by Crippen LogP contribution is 2.30. The lowest BCUT2D eigenvalue weighted by atomic mass is 10.0. The Morgan fingerprint density at radius 2 is 1.78 bits per heavy atom. The number of ketones is 1. The quantitative estimate of drug-likeness (QED) is 0.152. The Balaban J connectivity index is 0.000000636. The second kappa shape index (κ2) is 18.0. The fraction of sp³-hybridized carbons (Fsp3) is 0.421. The first-order valence-electron chi connectivity index (χ1n) is 16.4. The monoisotopic (exact) mass is 626 g/mol.